The van der Waals surface area contributed by atoms with E-state index in [1.807, 2.05) is 24.3 Å². The van der Waals surface area contributed by atoms with E-state index in [0.29, 0.717) is 18.0 Å². The van der Waals surface area contributed by atoms with Gasteiger partial charge in [0, 0.05) is 17.5 Å². The number of para-hydroxylation sites is 1. The molecule has 0 saturated heterocycles. The zero-order valence-corrected chi connectivity index (χ0v) is 15.9. The quantitative estimate of drug-likeness (QED) is 0.598. The second-order valence-corrected chi connectivity index (χ2v) is 7.32. The maximum Gasteiger partial charge on any atom is 0.265 e. The fourth-order valence-electron chi connectivity index (χ4n) is 2.75. The molecule has 140 valence electrons. The molecule has 1 N–H and O–H groups in total. The molecule has 0 aliphatic carbocycles. The maximum atomic E-state index is 13.2. The Kier molecular flexibility index (Phi) is 6.29. The lowest BCUT2D eigenvalue weighted by Gasteiger charge is -2.30. The number of halogens is 1. The fraction of sp³-hybridized carbons (Fsp3) is 0.238. The lowest BCUT2D eigenvalue weighted by molar-refractivity contribution is -0.118. The van der Waals surface area contributed by atoms with Gasteiger partial charge in [0.25, 0.3) is 5.91 Å². The smallest absolute Gasteiger partial charge is 0.265 e. The van der Waals surface area contributed by atoms with Crippen LogP contribution in [-0.2, 0) is 16.1 Å². The molecule has 1 aliphatic rings. The minimum atomic E-state index is -0.316. The van der Waals surface area contributed by atoms with E-state index in [0.717, 1.165) is 29.0 Å². The monoisotopic (exact) mass is 384 g/mol. The fourth-order valence-corrected chi connectivity index (χ4v) is 3.78. The van der Waals surface area contributed by atoms with Gasteiger partial charge in [-0.3, -0.25) is 9.59 Å². The predicted molar refractivity (Wildman–Crippen MR) is 106 cm³/mol. The van der Waals surface area contributed by atoms with Crippen molar-refractivity contribution in [3.05, 3.63) is 70.9 Å². The average Bonchev–Trinajstić information content (AvgIpc) is 2.67. The Morgan fingerprint density at radius 1 is 1.19 bits per heavy atom. The molecular weight excluding hydrogens is 363 g/mol. The summed E-state index contributed by atoms with van der Waals surface area (Å²) in [6, 6.07) is 13.6. The zero-order valence-electron chi connectivity index (χ0n) is 15.1. The number of thioether (sulfide) groups is 1. The van der Waals surface area contributed by atoms with Crippen molar-refractivity contribution in [3.63, 3.8) is 0 Å². The number of fused-ring (bicyclic) bond motifs is 1. The van der Waals surface area contributed by atoms with E-state index in [2.05, 4.69) is 12.2 Å². The first-order valence-corrected chi connectivity index (χ1v) is 9.73. The summed E-state index contributed by atoms with van der Waals surface area (Å²) in [4.78, 5) is 28.1. The van der Waals surface area contributed by atoms with Gasteiger partial charge in [-0.15, -0.1) is 0 Å². The number of hydrogen-bond donors (Lipinski definition) is 1. The van der Waals surface area contributed by atoms with E-state index in [9.17, 15) is 14.0 Å². The number of nitrogens with zero attached hydrogens (tertiary/aromatic N) is 1. The summed E-state index contributed by atoms with van der Waals surface area (Å²) in [5, 5.41) is 2.81. The van der Waals surface area contributed by atoms with Crippen LogP contribution in [0, 0.1) is 5.82 Å². The molecule has 2 aromatic rings. The van der Waals surface area contributed by atoms with Crippen molar-refractivity contribution in [1.82, 2.24) is 5.32 Å². The van der Waals surface area contributed by atoms with Crippen LogP contribution in [0.4, 0.5) is 10.1 Å². The minimum Gasteiger partial charge on any atom is -0.353 e. The van der Waals surface area contributed by atoms with Crippen molar-refractivity contribution >= 4 is 29.3 Å². The van der Waals surface area contributed by atoms with Crippen molar-refractivity contribution in [3.8, 4) is 0 Å². The van der Waals surface area contributed by atoms with Gasteiger partial charge in [-0.25, -0.2) is 4.39 Å². The van der Waals surface area contributed by atoms with Crippen LogP contribution in [0.5, 0.6) is 0 Å². The average molecular weight is 384 g/mol. The highest BCUT2D eigenvalue weighted by atomic mass is 32.2. The number of nitrogens with one attached hydrogen (secondary N) is 1. The van der Waals surface area contributed by atoms with Gasteiger partial charge < -0.3 is 10.2 Å². The normalized spacial score (nSPS) is 15.0. The van der Waals surface area contributed by atoms with E-state index in [1.165, 1.54) is 30.0 Å². The Bertz CT molecular complexity index is 865. The molecule has 2 amide bonds. The van der Waals surface area contributed by atoms with Crippen LogP contribution in [0.15, 0.2) is 64.4 Å². The number of unbranched alkanes of at least 4 members (excludes halogenated alkanes) is 1. The van der Waals surface area contributed by atoms with Crippen LogP contribution in [0.25, 0.3) is 0 Å². The molecule has 27 heavy (non-hydrogen) atoms. The summed E-state index contributed by atoms with van der Waals surface area (Å²) >= 11 is 1.30. The summed E-state index contributed by atoms with van der Waals surface area (Å²) in [6.45, 7) is 2.95. The zero-order chi connectivity index (χ0) is 19.2. The molecule has 0 radical (unpaired) electrons. The number of anilines is 1. The Balaban J connectivity index is 1.86. The predicted octanol–water partition coefficient (Wildman–Crippen LogP) is 4.26. The van der Waals surface area contributed by atoms with Crippen LogP contribution < -0.4 is 10.2 Å². The molecular formula is C21H21FN2O2S. The van der Waals surface area contributed by atoms with Crippen molar-refractivity contribution in [2.24, 2.45) is 0 Å². The third kappa shape index (κ3) is 4.77. The molecule has 1 heterocycles. The van der Waals surface area contributed by atoms with E-state index in [1.54, 1.807) is 17.0 Å². The van der Waals surface area contributed by atoms with Crippen molar-refractivity contribution in [2.45, 2.75) is 31.2 Å². The molecule has 0 atom stereocenters. The Morgan fingerprint density at radius 2 is 1.93 bits per heavy atom. The second-order valence-electron chi connectivity index (χ2n) is 6.24. The highest BCUT2D eigenvalue weighted by Crippen LogP contribution is 2.41. The van der Waals surface area contributed by atoms with Crippen LogP contribution >= 0.6 is 11.8 Å². The van der Waals surface area contributed by atoms with Gasteiger partial charge in [0.2, 0.25) is 5.91 Å². The van der Waals surface area contributed by atoms with Crippen molar-refractivity contribution in [2.75, 3.05) is 11.4 Å². The van der Waals surface area contributed by atoms with Crippen LogP contribution in [-0.4, -0.2) is 18.4 Å². The molecule has 2 aromatic carbocycles. The van der Waals surface area contributed by atoms with Gasteiger partial charge in [0.05, 0.1) is 17.1 Å². The minimum absolute atomic E-state index is 0.228. The molecule has 4 nitrogen and oxygen atoms in total. The van der Waals surface area contributed by atoms with E-state index >= 15 is 0 Å². The lowest BCUT2D eigenvalue weighted by Crippen LogP contribution is -2.34. The topological polar surface area (TPSA) is 49.4 Å². The number of hydrogen-bond acceptors (Lipinski definition) is 3. The first-order chi connectivity index (χ1) is 13.1. The number of carbonyl (C=O) groups excluding carboxylic acids is 2. The highest BCUT2D eigenvalue weighted by molar-refractivity contribution is 8.04. The lowest BCUT2D eigenvalue weighted by atomic mass is 10.1. The van der Waals surface area contributed by atoms with Gasteiger partial charge in [-0.05, 0) is 36.2 Å². The number of amides is 2. The number of rotatable bonds is 6. The molecule has 0 aromatic heterocycles. The molecule has 0 unspecified atom stereocenters. The molecule has 0 spiro atoms. The van der Waals surface area contributed by atoms with Gasteiger partial charge in [0.15, 0.2) is 0 Å². The van der Waals surface area contributed by atoms with Gasteiger partial charge in [-0.1, -0.05) is 49.4 Å². The first kappa shape index (κ1) is 19.2. The third-order valence-electron chi connectivity index (χ3n) is 4.18. The van der Waals surface area contributed by atoms with Gasteiger partial charge >= 0.3 is 0 Å². The summed E-state index contributed by atoms with van der Waals surface area (Å²) in [7, 11) is 0. The van der Waals surface area contributed by atoms with E-state index in [-0.39, 0.29) is 17.6 Å². The van der Waals surface area contributed by atoms with Crippen molar-refractivity contribution < 1.29 is 14.0 Å². The van der Waals surface area contributed by atoms with Crippen LogP contribution in [0.2, 0.25) is 0 Å². The van der Waals surface area contributed by atoms with Crippen molar-refractivity contribution in [1.29, 1.82) is 0 Å². The SMILES string of the molecule is CCCCNC(=O)C=C1Sc2ccccc2N(Cc2ccc(F)cc2)C1=O. The summed E-state index contributed by atoms with van der Waals surface area (Å²) in [5.74, 6) is -0.807. The second kappa shape index (κ2) is 8.86. The Hall–Kier alpha value is -2.60. The Labute approximate surface area is 162 Å². The van der Waals surface area contributed by atoms with Gasteiger partial charge in [0.1, 0.15) is 5.82 Å². The third-order valence-corrected chi connectivity index (χ3v) is 5.26. The summed E-state index contributed by atoms with van der Waals surface area (Å²) in [5.41, 5.74) is 1.61. The molecule has 6 heteroatoms. The highest BCUT2D eigenvalue weighted by Gasteiger charge is 2.29. The molecule has 3 rings (SSSR count). The molecule has 0 saturated carbocycles. The Morgan fingerprint density at radius 3 is 2.67 bits per heavy atom. The van der Waals surface area contributed by atoms with Crippen LogP contribution in [0.3, 0.4) is 0 Å². The van der Waals surface area contributed by atoms with Gasteiger partial charge in [-0.2, -0.15) is 0 Å². The summed E-state index contributed by atoms with van der Waals surface area (Å²) in [6.07, 6.45) is 3.26. The standard InChI is InChI=1S/C21H21FN2O2S/c1-2-3-12-23-20(25)13-19-21(26)24(14-15-8-10-16(22)11-9-15)17-6-4-5-7-18(17)27-19/h4-11,13H,2-3,12,14H2,1H3,(H,23,25). The molecule has 0 bridgehead atoms. The molecule has 1 aliphatic heterocycles. The maximum absolute atomic E-state index is 13.2. The molecule has 0 fully saturated rings. The largest absolute Gasteiger partial charge is 0.353 e. The van der Waals surface area contributed by atoms with Crippen LogP contribution in [0.1, 0.15) is 25.3 Å². The number of carbonyl (C=O) groups is 2. The number of benzene rings is 2. The van der Waals surface area contributed by atoms with E-state index < -0.39 is 0 Å². The first-order valence-electron chi connectivity index (χ1n) is 8.91. The van der Waals surface area contributed by atoms with E-state index in [4.69, 9.17) is 0 Å². The summed E-state index contributed by atoms with van der Waals surface area (Å²) < 4.78 is 13.2.